The van der Waals surface area contributed by atoms with E-state index in [1.54, 1.807) is 24.3 Å². The maximum atomic E-state index is 11.4. The van der Waals surface area contributed by atoms with Crippen molar-refractivity contribution in [3.05, 3.63) is 65.7 Å². The van der Waals surface area contributed by atoms with Crippen molar-refractivity contribution in [3.63, 3.8) is 0 Å². The van der Waals surface area contributed by atoms with Gasteiger partial charge in [-0.3, -0.25) is 4.79 Å². The molecule has 22 heavy (non-hydrogen) atoms. The van der Waals surface area contributed by atoms with Crippen LogP contribution in [0.1, 0.15) is 28.4 Å². The van der Waals surface area contributed by atoms with Crippen molar-refractivity contribution < 1.29 is 14.6 Å². The van der Waals surface area contributed by atoms with Crippen molar-refractivity contribution >= 4 is 5.78 Å². The Labute approximate surface area is 130 Å². The fourth-order valence-corrected chi connectivity index (χ4v) is 2.21. The lowest BCUT2D eigenvalue weighted by molar-refractivity contribution is 0.0903. The maximum absolute atomic E-state index is 11.4. The van der Waals surface area contributed by atoms with E-state index in [9.17, 15) is 4.79 Å². The molecule has 1 atom stereocenters. The third-order valence-electron chi connectivity index (χ3n) is 3.43. The molecule has 0 bridgehead atoms. The van der Waals surface area contributed by atoms with E-state index < -0.39 is 6.61 Å². The van der Waals surface area contributed by atoms with Gasteiger partial charge in [-0.2, -0.15) is 0 Å². The third kappa shape index (κ3) is 4.41. The third-order valence-corrected chi connectivity index (χ3v) is 3.43. The number of benzene rings is 2. The van der Waals surface area contributed by atoms with Crippen LogP contribution in [0.4, 0.5) is 0 Å². The Bertz CT molecular complexity index is 581. The summed E-state index contributed by atoms with van der Waals surface area (Å²) < 4.78 is 6.06. The predicted molar refractivity (Wildman–Crippen MR) is 86.2 cm³/mol. The first-order valence-electron chi connectivity index (χ1n) is 7.35. The SMILES string of the molecule is CNCCC(Oc1ccc(C(=O)CO)cc1)c1ccccc1. The van der Waals surface area contributed by atoms with E-state index in [0.29, 0.717) is 11.3 Å². The summed E-state index contributed by atoms with van der Waals surface area (Å²) in [5.41, 5.74) is 1.61. The molecule has 0 saturated carbocycles. The van der Waals surface area contributed by atoms with Crippen molar-refractivity contribution in [1.29, 1.82) is 0 Å². The first-order chi connectivity index (χ1) is 10.7. The van der Waals surface area contributed by atoms with Gasteiger partial charge in [0.25, 0.3) is 0 Å². The molecule has 0 aromatic heterocycles. The number of carbonyl (C=O) groups is 1. The summed E-state index contributed by atoms with van der Waals surface area (Å²) in [5.74, 6) is 0.417. The number of ketones is 1. The number of carbonyl (C=O) groups excluding carboxylic acids is 1. The number of aliphatic hydroxyl groups is 1. The quantitative estimate of drug-likeness (QED) is 0.736. The van der Waals surface area contributed by atoms with Gasteiger partial charge in [0.15, 0.2) is 5.78 Å². The average Bonchev–Trinajstić information content (AvgIpc) is 2.59. The first kappa shape index (κ1) is 16.2. The second-order valence-corrected chi connectivity index (χ2v) is 5.02. The molecule has 2 N–H and O–H groups in total. The van der Waals surface area contributed by atoms with E-state index >= 15 is 0 Å². The van der Waals surface area contributed by atoms with E-state index in [2.05, 4.69) is 5.32 Å². The van der Waals surface area contributed by atoms with Crippen LogP contribution in [0.15, 0.2) is 54.6 Å². The molecule has 4 heteroatoms. The molecule has 2 aromatic carbocycles. The van der Waals surface area contributed by atoms with Crippen molar-refractivity contribution in [2.45, 2.75) is 12.5 Å². The molecule has 0 saturated heterocycles. The molecule has 0 amide bonds. The molecule has 0 fully saturated rings. The van der Waals surface area contributed by atoms with E-state index in [4.69, 9.17) is 9.84 Å². The molecule has 116 valence electrons. The molecule has 1 unspecified atom stereocenters. The fraction of sp³-hybridized carbons (Fsp3) is 0.278. The number of aliphatic hydroxyl groups excluding tert-OH is 1. The molecule has 0 aliphatic heterocycles. The predicted octanol–water partition coefficient (Wildman–Crippen LogP) is 2.59. The number of Topliss-reactive ketones (excluding diaryl/α,β-unsaturated/α-hetero) is 1. The largest absolute Gasteiger partial charge is 0.486 e. The van der Waals surface area contributed by atoms with Gasteiger partial charge in [0.1, 0.15) is 18.5 Å². The normalized spacial score (nSPS) is 11.9. The molecule has 0 heterocycles. The average molecular weight is 299 g/mol. The highest BCUT2D eigenvalue weighted by Crippen LogP contribution is 2.24. The number of hydrogen-bond donors (Lipinski definition) is 2. The highest BCUT2D eigenvalue weighted by Gasteiger charge is 2.13. The summed E-state index contributed by atoms with van der Waals surface area (Å²) in [6.07, 6.45) is 0.797. The molecule has 2 rings (SSSR count). The van der Waals surface area contributed by atoms with Gasteiger partial charge in [-0.05, 0) is 43.4 Å². The summed E-state index contributed by atoms with van der Waals surface area (Å²) in [6.45, 7) is 0.371. The Morgan fingerprint density at radius 2 is 1.82 bits per heavy atom. The highest BCUT2D eigenvalue weighted by molar-refractivity contribution is 5.96. The van der Waals surface area contributed by atoms with Gasteiger partial charge in [-0.25, -0.2) is 0 Å². The number of rotatable bonds is 8. The van der Waals surface area contributed by atoms with Gasteiger partial charge in [0.05, 0.1) is 0 Å². The second kappa shape index (κ2) is 8.32. The van der Waals surface area contributed by atoms with Crippen molar-refractivity contribution in [1.82, 2.24) is 5.32 Å². The number of nitrogens with one attached hydrogen (secondary N) is 1. The Hall–Kier alpha value is -2.17. The minimum absolute atomic E-state index is 0.0481. The van der Waals surface area contributed by atoms with Gasteiger partial charge in [-0.15, -0.1) is 0 Å². The van der Waals surface area contributed by atoms with Gasteiger partial charge >= 0.3 is 0 Å². The van der Waals surface area contributed by atoms with E-state index in [0.717, 1.165) is 18.5 Å². The molecule has 4 nitrogen and oxygen atoms in total. The zero-order valence-electron chi connectivity index (χ0n) is 12.7. The van der Waals surface area contributed by atoms with Gasteiger partial charge in [0, 0.05) is 12.0 Å². The van der Waals surface area contributed by atoms with E-state index in [-0.39, 0.29) is 11.9 Å². The van der Waals surface area contributed by atoms with Crippen LogP contribution >= 0.6 is 0 Å². The smallest absolute Gasteiger partial charge is 0.188 e. The maximum Gasteiger partial charge on any atom is 0.188 e. The summed E-state index contributed by atoms with van der Waals surface area (Å²) in [5, 5.41) is 12.0. The Morgan fingerprint density at radius 1 is 1.14 bits per heavy atom. The molecule has 0 aliphatic rings. The van der Waals surface area contributed by atoms with Crippen LogP contribution < -0.4 is 10.1 Å². The zero-order chi connectivity index (χ0) is 15.8. The van der Waals surface area contributed by atoms with Gasteiger partial charge in [0.2, 0.25) is 0 Å². The summed E-state index contributed by atoms with van der Waals surface area (Å²) in [6, 6.07) is 16.9. The van der Waals surface area contributed by atoms with Crippen LogP contribution in [0.3, 0.4) is 0 Å². The van der Waals surface area contributed by atoms with Crippen molar-refractivity contribution in [3.8, 4) is 5.75 Å². The molecular formula is C18H21NO3. The lowest BCUT2D eigenvalue weighted by Gasteiger charge is -2.19. The lowest BCUT2D eigenvalue weighted by Crippen LogP contribution is -2.16. The monoisotopic (exact) mass is 299 g/mol. The van der Waals surface area contributed by atoms with Crippen LogP contribution in [0.25, 0.3) is 0 Å². The Kier molecular flexibility index (Phi) is 6.13. The lowest BCUT2D eigenvalue weighted by atomic mass is 10.1. The summed E-state index contributed by atoms with van der Waals surface area (Å²) in [7, 11) is 1.91. The van der Waals surface area contributed by atoms with E-state index in [1.165, 1.54) is 0 Å². The Balaban J connectivity index is 2.11. The van der Waals surface area contributed by atoms with E-state index in [1.807, 2.05) is 37.4 Å². The molecular weight excluding hydrogens is 278 g/mol. The number of hydrogen-bond acceptors (Lipinski definition) is 4. The van der Waals surface area contributed by atoms with Crippen molar-refractivity contribution in [2.24, 2.45) is 0 Å². The first-order valence-corrected chi connectivity index (χ1v) is 7.35. The summed E-state index contributed by atoms with van der Waals surface area (Å²) in [4.78, 5) is 11.4. The van der Waals surface area contributed by atoms with Crippen LogP contribution in [0.5, 0.6) is 5.75 Å². The van der Waals surface area contributed by atoms with Crippen LogP contribution in [0, 0.1) is 0 Å². The molecule has 0 spiro atoms. The van der Waals surface area contributed by atoms with Crippen LogP contribution in [-0.2, 0) is 0 Å². The van der Waals surface area contributed by atoms with Gasteiger partial charge in [-0.1, -0.05) is 30.3 Å². The minimum Gasteiger partial charge on any atom is -0.486 e. The number of ether oxygens (including phenoxy) is 1. The summed E-state index contributed by atoms with van der Waals surface area (Å²) >= 11 is 0. The fourth-order valence-electron chi connectivity index (χ4n) is 2.21. The Morgan fingerprint density at radius 3 is 2.41 bits per heavy atom. The molecule has 2 aromatic rings. The highest BCUT2D eigenvalue weighted by atomic mass is 16.5. The van der Waals surface area contributed by atoms with Crippen LogP contribution in [-0.4, -0.2) is 31.1 Å². The van der Waals surface area contributed by atoms with Gasteiger partial charge < -0.3 is 15.2 Å². The topological polar surface area (TPSA) is 58.6 Å². The van der Waals surface area contributed by atoms with Crippen LogP contribution in [0.2, 0.25) is 0 Å². The molecule has 0 aliphatic carbocycles. The minimum atomic E-state index is -0.477. The second-order valence-electron chi connectivity index (χ2n) is 5.02. The molecule has 0 radical (unpaired) electrons. The standard InChI is InChI=1S/C18H21NO3/c1-19-12-11-18(15-5-3-2-4-6-15)22-16-9-7-14(8-10-16)17(21)13-20/h2-10,18-20H,11-13H2,1H3. The zero-order valence-corrected chi connectivity index (χ0v) is 12.7. The van der Waals surface area contributed by atoms with Crippen molar-refractivity contribution in [2.75, 3.05) is 20.2 Å².